The normalized spacial score (nSPS) is 12.2. The predicted octanol–water partition coefficient (Wildman–Crippen LogP) is 1.86. The topological polar surface area (TPSA) is 63.3 Å². The van der Waals surface area contributed by atoms with Crippen LogP contribution in [0.3, 0.4) is 0 Å². The first-order valence-corrected chi connectivity index (χ1v) is 6.77. The molecule has 0 amide bonds. The number of nitrogens with zero attached hydrogens (tertiary/aromatic N) is 2. The van der Waals surface area contributed by atoms with Crippen LogP contribution in [0, 0.1) is 19.8 Å². The molecule has 3 N–H and O–H groups in total. The fraction of sp³-hybridized carbons (Fsp3) is 0.667. The Morgan fingerprint density at radius 1 is 1.47 bits per heavy atom. The van der Waals surface area contributed by atoms with E-state index < -0.39 is 0 Å². The Balaban J connectivity index is 2.32. The predicted molar refractivity (Wildman–Crippen MR) is 74.6 cm³/mol. The van der Waals surface area contributed by atoms with Crippen molar-refractivity contribution in [3.8, 4) is 0 Å². The molecule has 1 aromatic rings. The molecule has 0 aliphatic rings. The Hall–Kier alpha value is -1.10. The minimum absolute atomic E-state index is 0.539. The molecule has 0 aliphatic carbocycles. The first kappa shape index (κ1) is 14.0. The van der Waals surface area contributed by atoms with Gasteiger partial charge >= 0.3 is 0 Å². The van der Waals surface area contributed by atoms with Crippen LogP contribution in [0.25, 0.3) is 0 Å². The van der Waals surface area contributed by atoms with Crippen LogP contribution < -0.4 is 11.1 Å². The third-order valence-corrected chi connectivity index (χ3v) is 3.42. The summed E-state index contributed by atoms with van der Waals surface area (Å²) in [5, 5.41) is 4.25. The molecule has 1 heterocycles. The number of aromatic nitrogens is 1. The van der Waals surface area contributed by atoms with Gasteiger partial charge in [-0.1, -0.05) is 13.8 Å². The number of thiazole rings is 1. The van der Waals surface area contributed by atoms with Gasteiger partial charge in [-0.25, -0.2) is 4.98 Å². The second-order valence-corrected chi connectivity index (χ2v) is 5.83. The highest BCUT2D eigenvalue weighted by atomic mass is 32.1. The van der Waals surface area contributed by atoms with Gasteiger partial charge in [0.2, 0.25) is 0 Å². The standard InChI is InChI=1S/C12H22N4S/c1-8(2)7-15-12(13)14-6-5-11-9(3)16-10(4)17-11/h8H,5-7H2,1-4H3,(H3,13,14,15). The van der Waals surface area contributed by atoms with Crippen LogP contribution in [0.15, 0.2) is 4.99 Å². The van der Waals surface area contributed by atoms with Gasteiger partial charge in [-0.2, -0.15) is 0 Å². The van der Waals surface area contributed by atoms with Gasteiger partial charge in [0, 0.05) is 24.4 Å². The molecule has 96 valence electrons. The van der Waals surface area contributed by atoms with E-state index in [2.05, 4.69) is 36.1 Å². The highest BCUT2D eigenvalue weighted by Gasteiger charge is 2.04. The number of aliphatic imine (C=N–C) groups is 1. The van der Waals surface area contributed by atoms with Gasteiger partial charge in [0.25, 0.3) is 0 Å². The molecule has 4 nitrogen and oxygen atoms in total. The number of guanidine groups is 1. The second-order valence-electron chi connectivity index (χ2n) is 4.54. The highest BCUT2D eigenvalue weighted by Crippen LogP contribution is 2.16. The number of nitrogens with two attached hydrogens (primary N) is 1. The molecule has 0 bridgehead atoms. The summed E-state index contributed by atoms with van der Waals surface area (Å²) in [6, 6.07) is 0. The molecule has 17 heavy (non-hydrogen) atoms. The van der Waals surface area contributed by atoms with E-state index >= 15 is 0 Å². The van der Waals surface area contributed by atoms with E-state index in [9.17, 15) is 0 Å². The highest BCUT2D eigenvalue weighted by molar-refractivity contribution is 7.11. The maximum Gasteiger partial charge on any atom is 0.188 e. The van der Waals surface area contributed by atoms with Crippen molar-refractivity contribution in [1.29, 1.82) is 0 Å². The first-order valence-electron chi connectivity index (χ1n) is 5.95. The lowest BCUT2D eigenvalue weighted by Gasteiger charge is -2.05. The van der Waals surface area contributed by atoms with Crippen LogP contribution in [0.1, 0.15) is 29.4 Å². The second kappa shape index (κ2) is 6.59. The van der Waals surface area contributed by atoms with Crippen LogP contribution in [0.4, 0.5) is 0 Å². The lowest BCUT2D eigenvalue weighted by molar-refractivity contribution is 0.661. The van der Waals surface area contributed by atoms with Crippen LogP contribution >= 0.6 is 11.3 Å². The lowest BCUT2D eigenvalue weighted by atomic mass is 10.2. The van der Waals surface area contributed by atoms with Crippen LogP contribution in [-0.2, 0) is 6.42 Å². The molecule has 1 aromatic heterocycles. The smallest absolute Gasteiger partial charge is 0.188 e. The SMILES string of the molecule is Cc1nc(C)c(CCNC(N)=NCC(C)C)s1. The van der Waals surface area contributed by atoms with E-state index in [0.29, 0.717) is 11.9 Å². The van der Waals surface area contributed by atoms with Crippen molar-refractivity contribution in [2.45, 2.75) is 34.1 Å². The van der Waals surface area contributed by atoms with Crippen molar-refractivity contribution in [2.24, 2.45) is 16.6 Å². The number of hydrogen-bond acceptors (Lipinski definition) is 3. The number of rotatable bonds is 5. The molecule has 0 aliphatic heterocycles. The van der Waals surface area contributed by atoms with Crippen molar-refractivity contribution in [3.05, 3.63) is 15.6 Å². The number of aryl methyl sites for hydroxylation is 2. The molecule has 0 saturated carbocycles. The van der Waals surface area contributed by atoms with Crippen molar-refractivity contribution in [3.63, 3.8) is 0 Å². The largest absolute Gasteiger partial charge is 0.370 e. The van der Waals surface area contributed by atoms with Gasteiger partial charge in [-0.15, -0.1) is 11.3 Å². The molecule has 0 fully saturated rings. The van der Waals surface area contributed by atoms with Crippen LogP contribution in [-0.4, -0.2) is 24.0 Å². The van der Waals surface area contributed by atoms with Crippen molar-refractivity contribution in [2.75, 3.05) is 13.1 Å². The summed E-state index contributed by atoms with van der Waals surface area (Å²) in [5.41, 5.74) is 6.89. The van der Waals surface area contributed by atoms with Crippen molar-refractivity contribution < 1.29 is 0 Å². The third kappa shape index (κ3) is 5.17. The zero-order valence-electron chi connectivity index (χ0n) is 11.1. The van der Waals surface area contributed by atoms with E-state index in [0.717, 1.165) is 30.2 Å². The molecule has 5 heteroatoms. The quantitative estimate of drug-likeness (QED) is 0.623. The van der Waals surface area contributed by atoms with E-state index in [4.69, 9.17) is 5.73 Å². The fourth-order valence-corrected chi connectivity index (χ4v) is 2.38. The summed E-state index contributed by atoms with van der Waals surface area (Å²) in [7, 11) is 0. The maximum absolute atomic E-state index is 5.76. The summed E-state index contributed by atoms with van der Waals surface area (Å²) in [4.78, 5) is 9.98. The zero-order chi connectivity index (χ0) is 12.8. The van der Waals surface area contributed by atoms with Gasteiger partial charge in [0.1, 0.15) is 0 Å². The summed E-state index contributed by atoms with van der Waals surface area (Å²) in [6.45, 7) is 9.93. The van der Waals surface area contributed by atoms with E-state index in [1.54, 1.807) is 11.3 Å². The monoisotopic (exact) mass is 254 g/mol. The summed E-state index contributed by atoms with van der Waals surface area (Å²) in [5.74, 6) is 1.08. The van der Waals surface area contributed by atoms with Gasteiger partial charge < -0.3 is 11.1 Å². The molecule has 0 radical (unpaired) electrons. The van der Waals surface area contributed by atoms with Crippen molar-refractivity contribution >= 4 is 17.3 Å². The molecule has 0 saturated heterocycles. The van der Waals surface area contributed by atoms with E-state index in [1.807, 2.05) is 6.92 Å². The van der Waals surface area contributed by atoms with Gasteiger partial charge in [-0.05, 0) is 19.8 Å². The summed E-state index contributed by atoms with van der Waals surface area (Å²) < 4.78 is 0. The Bertz CT molecular complexity index is 382. The van der Waals surface area contributed by atoms with E-state index in [-0.39, 0.29) is 0 Å². The fourth-order valence-electron chi connectivity index (χ4n) is 1.45. The van der Waals surface area contributed by atoms with Gasteiger partial charge in [0.15, 0.2) is 5.96 Å². The van der Waals surface area contributed by atoms with Crippen LogP contribution in [0.2, 0.25) is 0 Å². The molecule has 0 aromatic carbocycles. The molecule has 0 spiro atoms. The molecular formula is C12H22N4S. The average Bonchev–Trinajstić information content (AvgIpc) is 2.55. The zero-order valence-corrected chi connectivity index (χ0v) is 11.9. The molecular weight excluding hydrogens is 232 g/mol. The van der Waals surface area contributed by atoms with Crippen LogP contribution in [0.5, 0.6) is 0 Å². The maximum atomic E-state index is 5.76. The van der Waals surface area contributed by atoms with Crippen molar-refractivity contribution in [1.82, 2.24) is 10.3 Å². The minimum atomic E-state index is 0.539. The Morgan fingerprint density at radius 2 is 2.18 bits per heavy atom. The Kier molecular flexibility index (Phi) is 5.41. The van der Waals surface area contributed by atoms with E-state index in [1.165, 1.54) is 4.88 Å². The molecule has 0 unspecified atom stereocenters. The first-order chi connectivity index (χ1) is 7.99. The third-order valence-electron chi connectivity index (χ3n) is 2.28. The average molecular weight is 254 g/mol. The Morgan fingerprint density at radius 3 is 2.71 bits per heavy atom. The lowest BCUT2D eigenvalue weighted by Crippen LogP contribution is -2.33. The number of hydrogen-bond donors (Lipinski definition) is 2. The Labute approximate surface area is 107 Å². The summed E-state index contributed by atoms with van der Waals surface area (Å²) in [6.07, 6.45) is 0.954. The molecule has 0 atom stereocenters. The minimum Gasteiger partial charge on any atom is -0.370 e. The summed E-state index contributed by atoms with van der Waals surface area (Å²) >= 11 is 1.75. The van der Waals surface area contributed by atoms with Gasteiger partial charge in [0.05, 0.1) is 10.7 Å². The molecule has 1 rings (SSSR count). The number of nitrogens with one attached hydrogen (secondary N) is 1. The van der Waals surface area contributed by atoms with Gasteiger partial charge in [-0.3, -0.25) is 4.99 Å².